The van der Waals surface area contributed by atoms with Crippen molar-refractivity contribution in [2.75, 3.05) is 29.5 Å². The quantitative estimate of drug-likeness (QED) is 0.751. The second kappa shape index (κ2) is 5.94. The van der Waals surface area contributed by atoms with Crippen LogP contribution in [0.3, 0.4) is 0 Å². The Morgan fingerprint density at radius 1 is 1.40 bits per heavy atom. The van der Waals surface area contributed by atoms with E-state index < -0.39 is 11.4 Å². The fourth-order valence-corrected chi connectivity index (χ4v) is 4.95. The predicted molar refractivity (Wildman–Crippen MR) is 93.8 cm³/mol. The molecule has 3 amide bonds. The summed E-state index contributed by atoms with van der Waals surface area (Å²) in [5.74, 6) is -0.420. The van der Waals surface area contributed by atoms with Crippen LogP contribution in [0.1, 0.15) is 19.3 Å². The van der Waals surface area contributed by atoms with Crippen molar-refractivity contribution in [3.05, 3.63) is 18.2 Å². The summed E-state index contributed by atoms with van der Waals surface area (Å²) in [7, 11) is 0. The van der Waals surface area contributed by atoms with E-state index >= 15 is 0 Å². The number of rotatable bonds is 2. The highest BCUT2D eigenvalue weighted by Crippen LogP contribution is 2.49. The lowest BCUT2D eigenvalue weighted by molar-refractivity contribution is -0.149. The zero-order chi connectivity index (χ0) is 17.6. The number of carboxylic acid groups (broad SMARTS) is 1. The van der Waals surface area contributed by atoms with Crippen LogP contribution in [-0.2, 0) is 9.59 Å². The number of aliphatic carboxylic acids is 1. The Balaban J connectivity index is 1.47. The summed E-state index contributed by atoms with van der Waals surface area (Å²) in [4.78, 5) is 38.4. The standard InChI is InChI=1S/C17H19N3O4S/c21-14-8-25-13-4-3-11(6-12(13)19-14)18-16(24)20-7-10-2-1-5-17(10,9-20)15(22)23/h3-4,6,10H,1-2,5,7-9H2,(H,18,24)(H,19,21)(H,22,23)/t10-,17+/m0/s1. The third kappa shape index (κ3) is 2.74. The minimum absolute atomic E-state index is 0.0370. The number of nitrogens with zero attached hydrogens (tertiary/aromatic N) is 1. The number of hydrogen-bond acceptors (Lipinski definition) is 4. The number of carbonyl (C=O) groups is 3. The third-order valence-corrected chi connectivity index (χ3v) is 6.52. The van der Waals surface area contributed by atoms with Crippen LogP contribution in [0.5, 0.6) is 0 Å². The van der Waals surface area contributed by atoms with Gasteiger partial charge in [0, 0.05) is 23.7 Å². The molecule has 3 aliphatic rings. The van der Waals surface area contributed by atoms with Gasteiger partial charge in [0.25, 0.3) is 0 Å². The molecular formula is C17H19N3O4S. The summed E-state index contributed by atoms with van der Waals surface area (Å²) in [6.07, 6.45) is 2.41. The molecule has 4 rings (SSSR count). The summed E-state index contributed by atoms with van der Waals surface area (Å²) < 4.78 is 0. The average Bonchev–Trinajstić information content (AvgIpc) is 3.12. The van der Waals surface area contributed by atoms with Crippen LogP contribution in [0.4, 0.5) is 16.2 Å². The first kappa shape index (κ1) is 16.3. The Labute approximate surface area is 149 Å². The lowest BCUT2D eigenvalue weighted by Gasteiger charge is -2.23. The van der Waals surface area contributed by atoms with Gasteiger partial charge in [0.05, 0.1) is 16.9 Å². The molecule has 0 spiro atoms. The number of hydrogen-bond donors (Lipinski definition) is 3. The number of thioether (sulfide) groups is 1. The Morgan fingerprint density at radius 3 is 3.00 bits per heavy atom. The largest absolute Gasteiger partial charge is 0.481 e. The molecule has 7 nitrogen and oxygen atoms in total. The van der Waals surface area contributed by atoms with Gasteiger partial charge in [-0.05, 0) is 37.0 Å². The maximum Gasteiger partial charge on any atom is 0.321 e. The number of benzene rings is 1. The minimum atomic E-state index is -0.793. The minimum Gasteiger partial charge on any atom is -0.481 e. The number of anilines is 2. The molecule has 0 unspecified atom stereocenters. The van der Waals surface area contributed by atoms with Crippen LogP contribution in [0.15, 0.2) is 23.1 Å². The molecule has 1 saturated heterocycles. The molecule has 0 aromatic heterocycles. The van der Waals surface area contributed by atoms with Gasteiger partial charge < -0.3 is 20.6 Å². The number of likely N-dealkylation sites (tertiary alicyclic amines) is 1. The van der Waals surface area contributed by atoms with Gasteiger partial charge in [0.1, 0.15) is 0 Å². The van der Waals surface area contributed by atoms with Crippen molar-refractivity contribution < 1.29 is 19.5 Å². The van der Waals surface area contributed by atoms with Crippen molar-refractivity contribution in [1.29, 1.82) is 0 Å². The molecule has 132 valence electrons. The van der Waals surface area contributed by atoms with Crippen molar-refractivity contribution in [3.63, 3.8) is 0 Å². The van der Waals surface area contributed by atoms with E-state index in [1.54, 1.807) is 17.0 Å². The van der Waals surface area contributed by atoms with Crippen molar-refractivity contribution in [2.24, 2.45) is 11.3 Å². The van der Waals surface area contributed by atoms with Crippen LogP contribution in [0, 0.1) is 11.3 Å². The molecule has 1 aliphatic carbocycles. The van der Waals surface area contributed by atoms with Gasteiger partial charge >= 0.3 is 12.0 Å². The van der Waals surface area contributed by atoms with Gasteiger partial charge in [-0.2, -0.15) is 0 Å². The van der Waals surface area contributed by atoms with Crippen LogP contribution >= 0.6 is 11.8 Å². The first-order valence-corrected chi connectivity index (χ1v) is 9.32. The normalized spacial score (nSPS) is 27.4. The average molecular weight is 361 g/mol. The van der Waals surface area contributed by atoms with Gasteiger partial charge in [-0.25, -0.2) is 4.79 Å². The molecule has 2 fully saturated rings. The molecule has 2 aliphatic heterocycles. The first-order chi connectivity index (χ1) is 12.0. The summed E-state index contributed by atoms with van der Waals surface area (Å²) in [6, 6.07) is 5.11. The first-order valence-electron chi connectivity index (χ1n) is 8.34. The molecule has 1 aromatic carbocycles. The van der Waals surface area contributed by atoms with Crippen molar-refractivity contribution in [2.45, 2.75) is 24.2 Å². The monoisotopic (exact) mass is 361 g/mol. The van der Waals surface area contributed by atoms with E-state index in [0.717, 1.165) is 17.7 Å². The SMILES string of the molecule is O=C1CSc2ccc(NC(=O)N3C[C@@H]4CCC[C@@]4(C(=O)O)C3)cc2N1. The number of urea groups is 1. The Bertz CT molecular complexity index is 768. The van der Waals surface area contributed by atoms with E-state index in [9.17, 15) is 19.5 Å². The van der Waals surface area contributed by atoms with Gasteiger partial charge in [-0.3, -0.25) is 9.59 Å². The molecule has 25 heavy (non-hydrogen) atoms. The van der Waals surface area contributed by atoms with Gasteiger partial charge in [-0.15, -0.1) is 11.8 Å². The molecule has 0 bridgehead atoms. The number of nitrogens with one attached hydrogen (secondary N) is 2. The van der Waals surface area contributed by atoms with E-state index in [4.69, 9.17) is 0 Å². The molecular weight excluding hydrogens is 342 g/mol. The maximum absolute atomic E-state index is 12.6. The van der Waals surface area contributed by atoms with Crippen LogP contribution in [0.2, 0.25) is 0 Å². The smallest absolute Gasteiger partial charge is 0.321 e. The zero-order valence-electron chi connectivity index (χ0n) is 13.6. The molecule has 0 radical (unpaired) electrons. The molecule has 2 heterocycles. The van der Waals surface area contributed by atoms with Crippen LogP contribution in [0.25, 0.3) is 0 Å². The fourth-order valence-electron chi connectivity index (χ4n) is 4.16. The molecule has 2 atom stereocenters. The lowest BCUT2D eigenvalue weighted by Crippen LogP contribution is -2.38. The highest BCUT2D eigenvalue weighted by Gasteiger charge is 2.55. The van der Waals surface area contributed by atoms with Gasteiger partial charge in [0.15, 0.2) is 0 Å². The summed E-state index contributed by atoms with van der Waals surface area (Å²) in [6.45, 7) is 0.742. The van der Waals surface area contributed by atoms with Crippen molar-refractivity contribution in [3.8, 4) is 0 Å². The van der Waals surface area contributed by atoms with E-state index in [2.05, 4.69) is 10.6 Å². The predicted octanol–water partition coefficient (Wildman–Crippen LogP) is 2.45. The molecule has 3 N–H and O–H groups in total. The summed E-state index contributed by atoms with van der Waals surface area (Å²) in [5, 5.41) is 15.2. The fraction of sp³-hybridized carbons (Fsp3) is 0.471. The van der Waals surface area contributed by atoms with Crippen molar-refractivity contribution in [1.82, 2.24) is 4.90 Å². The van der Waals surface area contributed by atoms with Crippen LogP contribution < -0.4 is 10.6 Å². The molecule has 8 heteroatoms. The number of amides is 3. The molecule has 1 saturated carbocycles. The second-order valence-corrected chi connectivity index (χ2v) is 7.93. The van der Waals surface area contributed by atoms with Crippen molar-refractivity contribution >= 4 is 41.0 Å². The maximum atomic E-state index is 12.6. The number of carbonyl (C=O) groups excluding carboxylic acids is 2. The Hall–Kier alpha value is -2.22. The summed E-state index contributed by atoms with van der Waals surface area (Å²) in [5.41, 5.74) is 0.505. The van der Waals surface area contributed by atoms with E-state index in [1.807, 2.05) is 6.07 Å². The lowest BCUT2D eigenvalue weighted by atomic mass is 9.81. The zero-order valence-corrected chi connectivity index (χ0v) is 14.4. The second-order valence-electron chi connectivity index (χ2n) is 6.91. The van der Waals surface area contributed by atoms with Gasteiger partial charge in [-0.1, -0.05) is 6.42 Å². The Morgan fingerprint density at radius 2 is 2.24 bits per heavy atom. The van der Waals surface area contributed by atoms with Gasteiger partial charge in [0.2, 0.25) is 5.91 Å². The molecule has 1 aromatic rings. The Kier molecular flexibility index (Phi) is 3.87. The third-order valence-electron chi connectivity index (χ3n) is 5.45. The highest BCUT2D eigenvalue weighted by atomic mass is 32.2. The number of fused-ring (bicyclic) bond motifs is 2. The van der Waals surface area contributed by atoms with E-state index in [-0.39, 0.29) is 24.4 Å². The van der Waals surface area contributed by atoms with E-state index in [1.165, 1.54) is 11.8 Å². The summed E-state index contributed by atoms with van der Waals surface area (Å²) >= 11 is 1.46. The highest BCUT2D eigenvalue weighted by molar-refractivity contribution is 8.00. The van der Waals surface area contributed by atoms with E-state index in [0.29, 0.717) is 30.1 Å². The number of carboxylic acids is 1. The topological polar surface area (TPSA) is 98.7 Å². The van der Waals surface area contributed by atoms with Crippen LogP contribution in [-0.4, -0.2) is 46.8 Å².